The molecule has 0 spiro atoms. The summed E-state index contributed by atoms with van der Waals surface area (Å²) in [4.78, 5) is 0. The average molecular weight is 318 g/mol. The summed E-state index contributed by atoms with van der Waals surface area (Å²) in [6.45, 7) is 6.36. The summed E-state index contributed by atoms with van der Waals surface area (Å²) in [5.41, 5.74) is 1.05. The molecular weight excluding hydrogens is 297 g/mol. The minimum Gasteiger partial charge on any atom is -0.488 e. The number of hydrogen-bond acceptors (Lipinski definition) is 3. The van der Waals surface area contributed by atoms with Crippen LogP contribution < -0.4 is 10.1 Å². The summed E-state index contributed by atoms with van der Waals surface area (Å²) in [6.07, 6.45) is 2.68. The Bertz CT molecular complexity index is 422. The molecule has 5 heteroatoms. The van der Waals surface area contributed by atoms with E-state index in [0.717, 1.165) is 38.1 Å². The van der Waals surface area contributed by atoms with Gasteiger partial charge in [0.2, 0.25) is 0 Å². The van der Waals surface area contributed by atoms with Crippen LogP contribution in [0.5, 0.6) is 5.75 Å². The number of hydrogen-bond donors (Lipinski definition) is 1. The van der Waals surface area contributed by atoms with Crippen molar-refractivity contribution >= 4 is 23.2 Å². The second-order valence-corrected chi connectivity index (χ2v) is 6.14. The highest BCUT2D eigenvalue weighted by molar-refractivity contribution is 6.37. The molecule has 1 aromatic rings. The maximum atomic E-state index is 6.22. The third-order valence-electron chi connectivity index (χ3n) is 3.14. The predicted octanol–water partition coefficient (Wildman–Crippen LogP) is 4.05. The van der Waals surface area contributed by atoms with E-state index in [2.05, 4.69) is 5.32 Å². The minimum absolute atomic E-state index is 0.0495. The monoisotopic (exact) mass is 317 g/mol. The third kappa shape index (κ3) is 4.52. The summed E-state index contributed by atoms with van der Waals surface area (Å²) in [7, 11) is 0. The highest BCUT2D eigenvalue weighted by atomic mass is 35.5. The zero-order valence-corrected chi connectivity index (χ0v) is 13.4. The maximum Gasteiger partial charge on any atom is 0.156 e. The zero-order chi connectivity index (χ0) is 14.5. The van der Waals surface area contributed by atoms with Gasteiger partial charge in [0.25, 0.3) is 0 Å². The molecule has 0 aliphatic carbocycles. The van der Waals surface area contributed by atoms with Crippen molar-refractivity contribution in [2.45, 2.75) is 45.4 Å². The van der Waals surface area contributed by atoms with Crippen molar-refractivity contribution in [3.8, 4) is 5.75 Å². The standard InChI is InChI=1S/C15H21Cl2NO2/c1-10(2)20-15-13(16)6-11(7-14(15)17)8-18-9-12-4-3-5-19-12/h6-7,10,12,18H,3-5,8-9H2,1-2H3/t12-/m1/s1. The predicted molar refractivity (Wildman–Crippen MR) is 82.9 cm³/mol. The van der Waals surface area contributed by atoms with Gasteiger partial charge < -0.3 is 14.8 Å². The Morgan fingerprint density at radius 2 is 2.05 bits per heavy atom. The van der Waals surface area contributed by atoms with Crippen molar-refractivity contribution in [3.05, 3.63) is 27.7 Å². The van der Waals surface area contributed by atoms with Gasteiger partial charge in [-0.25, -0.2) is 0 Å². The Balaban J connectivity index is 1.91. The maximum absolute atomic E-state index is 6.22. The van der Waals surface area contributed by atoms with E-state index in [1.54, 1.807) is 0 Å². The molecule has 2 rings (SSSR count). The van der Waals surface area contributed by atoms with Gasteiger partial charge in [-0.1, -0.05) is 23.2 Å². The van der Waals surface area contributed by atoms with Crippen molar-refractivity contribution in [2.24, 2.45) is 0 Å². The zero-order valence-electron chi connectivity index (χ0n) is 11.9. The van der Waals surface area contributed by atoms with Gasteiger partial charge in [0.05, 0.1) is 22.3 Å². The molecule has 1 N–H and O–H groups in total. The second kappa shape index (κ2) is 7.51. The number of halogens is 2. The first kappa shape index (κ1) is 15.9. The molecule has 0 radical (unpaired) electrons. The molecule has 0 unspecified atom stereocenters. The molecular formula is C15H21Cl2NO2. The van der Waals surface area contributed by atoms with Gasteiger partial charge in [0.15, 0.2) is 5.75 Å². The first-order valence-electron chi connectivity index (χ1n) is 7.03. The average Bonchev–Trinajstić information content (AvgIpc) is 2.87. The lowest BCUT2D eigenvalue weighted by molar-refractivity contribution is 0.110. The second-order valence-electron chi connectivity index (χ2n) is 5.32. The molecule has 112 valence electrons. The van der Waals surface area contributed by atoms with Crippen LogP contribution in [0.15, 0.2) is 12.1 Å². The molecule has 0 amide bonds. The van der Waals surface area contributed by atoms with Crippen molar-refractivity contribution in [3.63, 3.8) is 0 Å². The van der Waals surface area contributed by atoms with Crippen LogP contribution in [0.4, 0.5) is 0 Å². The summed E-state index contributed by atoms with van der Waals surface area (Å²) < 4.78 is 11.2. The van der Waals surface area contributed by atoms with Crippen LogP contribution in [0, 0.1) is 0 Å². The van der Waals surface area contributed by atoms with Crippen molar-refractivity contribution in [1.29, 1.82) is 0 Å². The Kier molecular flexibility index (Phi) is 5.97. The number of rotatable bonds is 6. The summed E-state index contributed by atoms with van der Waals surface area (Å²) >= 11 is 12.4. The topological polar surface area (TPSA) is 30.5 Å². The number of nitrogens with one attached hydrogen (secondary N) is 1. The molecule has 0 saturated carbocycles. The van der Waals surface area contributed by atoms with Crippen LogP contribution in [0.1, 0.15) is 32.3 Å². The molecule has 1 aliphatic heterocycles. The van der Waals surface area contributed by atoms with Gasteiger partial charge in [-0.05, 0) is 44.4 Å². The molecule has 1 atom stereocenters. The van der Waals surface area contributed by atoms with Gasteiger partial charge in [-0.3, -0.25) is 0 Å². The van der Waals surface area contributed by atoms with E-state index in [1.807, 2.05) is 26.0 Å². The lowest BCUT2D eigenvalue weighted by atomic mass is 10.2. The highest BCUT2D eigenvalue weighted by Gasteiger charge is 2.15. The largest absolute Gasteiger partial charge is 0.488 e. The van der Waals surface area contributed by atoms with E-state index in [0.29, 0.717) is 21.9 Å². The molecule has 3 nitrogen and oxygen atoms in total. The fraction of sp³-hybridized carbons (Fsp3) is 0.600. The molecule has 0 aromatic heterocycles. The van der Waals surface area contributed by atoms with Crippen molar-refractivity contribution < 1.29 is 9.47 Å². The van der Waals surface area contributed by atoms with Gasteiger partial charge in [-0.2, -0.15) is 0 Å². The van der Waals surface area contributed by atoms with Crippen LogP contribution in [0.25, 0.3) is 0 Å². The van der Waals surface area contributed by atoms with Crippen molar-refractivity contribution in [1.82, 2.24) is 5.32 Å². The minimum atomic E-state index is 0.0495. The first-order valence-corrected chi connectivity index (χ1v) is 7.78. The fourth-order valence-electron chi connectivity index (χ4n) is 2.25. The molecule has 20 heavy (non-hydrogen) atoms. The fourth-order valence-corrected chi connectivity index (χ4v) is 2.87. The van der Waals surface area contributed by atoms with E-state index in [9.17, 15) is 0 Å². The van der Waals surface area contributed by atoms with E-state index in [-0.39, 0.29) is 6.10 Å². The van der Waals surface area contributed by atoms with Crippen LogP contribution in [0.3, 0.4) is 0 Å². The molecule has 1 heterocycles. The number of benzene rings is 1. The van der Waals surface area contributed by atoms with E-state index in [4.69, 9.17) is 32.7 Å². The molecule has 1 aliphatic rings. The Hall–Kier alpha value is -0.480. The normalized spacial score (nSPS) is 18.8. The van der Waals surface area contributed by atoms with Crippen LogP contribution >= 0.6 is 23.2 Å². The third-order valence-corrected chi connectivity index (χ3v) is 3.70. The smallest absolute Gasteiger partial charge is 0.156 e. The molecule has 0 bridgehead atoms. The summed E-state index contributed by atoms with van der Waals surface area (Å²) in [6, 6.07) is 3.79. The van der Waals surface area contributed by atoms with Crippen molar-refractivity contribution in [2.75, 3.05) is 13.2 Å². The van der Waals surface area contributed by atoms with Gasteiger partial charge in [0.1, 0.15) is 0 Å². The molecule has 1 fully saturated rings. The van der Waals surface area contributed by atoms with Crippen LogP contribution in [0.2, 0.25) is 10.0 Å². The molecule has 1 saturated heterocycles. The Morgan fingerprint density at radius 3 is 2.60 bits per heavy atom. The van der Waals surface area contributed by atoms with E-state index < -0.39 is 0 Å². The first-order chi connectivity index (χ1) is 9.56. The number of ether oxygens (including phenoxy) is 2. The summed E-state index contributed by atoms with van der Waals surface area (Å²) in [5.74, 6) is 0.561. The highest BCUT2D eigenvalue weighted by Crippen LogP contribution is 2.34. The van der Waals surface area contributed by atoms with Gasteiger partial charge >= 0.3 is 0 Å². The SMILES string of the molecule is CC(C)Oc1c(Cl)cc(CNC[C@H]2CCCO2)cc1Cl. The van der Waals surface area contributed by atoms with Gasteiger partial charge in [-0.15, -0.1) is 0 Å². The van der Waals surface area contributed by atoms with E-state index >= 15 is 0 Å². The Morgan fingerprint density at radius 1 is 1.35 bits per heavy atom. The quantitative estimate of drug-likeness (QED) is 0.858. The van der Waals surface area contributed by atoms with Crippen LogP contribution in [-0.4, -0.2) is 25.4 Å². The van der Waals surface area contributed by atoms with E-state index in [1.165, 1.54) is 0 Å². The Labute approximate surface area is 130 Å². The lowest BCUT2D eigenvalue weighted by Crippen LogP contribution is -2.25. The van der Waals surface area contributed by atoms with Crippen LogP contribution in [-0.2, 0) is 11.3 Å². The summed E-state index contributed by atoms with van der Waals surface area (Å²) in [5, 5.41) is 4.49. The molecule has 1 aromatic carbocycles. The lowest BCUT2D eigenvalue weighted by Gasteiger charge is -2.15. The van der Waals surface area contributed by atoms with Gasteiger partial charge in [0, 0.05) is 19.7 Å².